The van der Waals surface area contributed by atoms with Crippen molar-refractivity contribution in [2.45, 2.75) is 32.4 Å². The Bertz CT molecular complexity index is 444. The molecule has 110 valence electrons. The lowest BCUT2D eigenvalue weighted by Gasteiger charge is -2.19. The highest BCUT2D eigenvalue weighted by atomic mass is 15.2. The zero-order valence-electron chi connectivity index (χ0n) is 12.6. The fraction of sp³-hybridized carbons (Fsp3) is 0.688. The highest BCUT2D eigenvalue weighted by Gasteiger charge is 2.40. The average molecular weight is 274 g/mol. The molecule has 0 spiro atoms. The van der Waals surface area contributed by atoms with E-state index < -0.39 is 0 Å². The van der Waals surface area contributed by atoms with E-state index in [1.54, 1.807) is 0 Å². The van der Waals surface area contributed by atoms with E-state index in [1.807, 2.05) is 6.20 Å². The summed E-state index contributed by atoms with van der Waals surface area (Å²) in [4.78, 5) is 9.26. The summed E-state index contributed by atoms with van der Waals surface area (Å²) in [6.07, 6.45) is 4.57. The molecule has 4 heteroatoms. The molecule has 0 aromatic carbocycles. The highest BCUT2D eigenvalue weighted by Crippen LogP contribution is 2.37. The summed E-state index contributed by atoms with van der Waals surface area (Å²) in [5, 5.41) is 0. The van der Waals surface area contributed by atoms with Gasteiger partial charge in [0.2, 0.25) is 0 Å². The summed E-state index contributed by atoms with van der Waals surface area (Å²) >= 11 is 0. The van der Waals surface area contributed by atoms with E-state index in [0.29, 0.717) is 6.04 Å². The molecule has 2 heterocycles. The Morgan fingerprint density at radius 2 is 2.20 bits per heavy atom. The van der Waals surface area contributed by atoms with Crippen LogP contribution in [0, 0.1) is 11.8 Å². The summed E-state index contributed by atoms with van der Waals surface area (Å²) in [5.74, 6) is 2.62. The highest BCUT2D eigenvalue weighted by molar-refractivity contribution is 5.37. The van der Waals surface area contributed by atoms with Gasteiger partial charge < -0.3 is 10.6 Å². The first-order chi connectivity index (χ1) is 9.67. The Balaban J connectivity index is 1.59. The molecular formula is C16H26N4. The summed E-state index contributed by atoms with van der Waals surface area (Å²) in [6, 6.07) is 4.77. The topological polar surface area (TPSA) is 45.4 Å². The maximum absolute atomic E-state index is 6.20. The van der Waals surface area contributed by atoms with Crippen LogP contribution >= 0.6 is 0 Å². The molecule has 3 atom stereocenters. The van der Waals surface area contributed by atoms with Crippen LogP contribution in [0.4, 0.5) is 5.82 Å². The molecule has 1 aliphatic carbocycles. The third-order valence-corrected chi connectivity index (χ3v) is 5.07. The third-order valence-electron chi connectivity index (χ3n) is 5.07. The van der Waals surface area contributed by atoms with Crippen molar-refractivity contribution in [1.82, 2.24) is 9.88 Å². The molecule has 3 unspecified atom stereocenters. The van der Waals surface area contributed by atoms with Gasteiger partial charge in [-0.3, -0.25) is 4.90 Å². The maximum Gasteiger partial charge on any atom is 0.128 e. The lowest BCUT2D eigenvalue weighted by Crippen LogP contribution is -2.30. The van der Waals surface area contributed by atoms with Crippen molar-refractivity contribution >= 4 is 5.82 Å². The number of hydrogen-bond donors (Lipinski definition) is 1. The number of rotatable bonds is 4. The van der Waals surface area contributed by atoms with Crippen LogP contribution in [-0.2, 0) is 6.54 Å². The minimum Gasteiger partial charge on any atom is -0.360 e. The normalized spacial score (nSPS) is 29.6. The predicted molar refractivity (Wildman–Crippen MR) is 82.6 cm³/mol. The SMILES string of the molecule is CCN(C)c1ccc(CN2CC3CCC(N)C3C2)cn1. The van der Waals surface area contributed by atoms with Crippen molar-refractivity contribution in [1.29, 1.82) is 0 Å². The number of fused-ring (bicyclic) bond motifs is 1. The molecule has 0 bridgehead atoms. The van der Waals surface area contributed by atoms with Crippen molar-refractivity contribution in [3.8, 4) is 0 Å². The number of nitrogens with two attached hydrogens (primary N) is 1. The van der Waals surface area contributed by atoms with Gasteiger partial charge in [0.1, 0.15) is 5.82 Å². The van der Waals surface area contributed by atoms with Gasteiger partial charge >= 0.3 is 0 Å². The zero-order chi connectivity index (χ0) is 14.1. The van der Waals surface area contributed by atoms with Crippen molar-refractivity contribution < 1.29 is 0 Å². The molecule has 2 fully saturated rings. The van der Waals surface area contributed by atoms with Crippen molar-refractivity contribution in [3.63, 3.8) is 0 Å². The lowest BCUT2D eigenvalue weighted by molar-refractivity contribution is 0.298. The van der Waals surface area contributed by atoms with Gasteiger partial charge in [0.15, 0.2) is 0 Å². The minimum absolute atomic E-state index is 0.434. The monoisotopic (exact) mass is 274 g/mol. The number of anilines is 1. The van der Waals surface area contributed by atoms with Crippen LogP contribution in [0.25, 0.3) is 0 Å². The Morgan fingerprint density at radius 1 is 1.35 bits per heavy atom. The largest absolute Gasteiger partial charge is 0.360 e. The molecule has 1 aliphatic heterocycles. The van der Waals surface area contributed by atoms with Crippen LogP contribution in [0.15, 0.2) is 18.3 Å². The Morgan fingerprint density at radius 3 is 2.85 bits per heavy atom. The van der Waals surface area contributed by atoms with Gasteiger partial charge in [-0.05, 0) is 43.2 Å². The number of hydrogen-bond acceptors (Lipinski definition) is 4. The average Bonchev–Trinajstić information content (AvgIpc) is 3.01. The first kappa shape index (κ1) is 13.8. The number of aromatic nitrogens is 1. The van der Waals surface area contributed by atoms with Gasteiger partial charge in [-0.2, -0.15) is 0 Å². The van der Waals surface area contributed by atoms with Crippen LogP contribution in [0.5, 0.6) is 0 Å². The van der Waals surface area contributed by atoms with Crippen LogP contribution in [0.2, 0.25) is 0 Å². The first-order valence-electron chi connectivity index (χ1n) is 7.81. The molecule has 4 nitrogen and oxygen atoms in total. The van der Waals surface area contributed by atoms with E-state index in [2.05, 4.69) is 40.9 Å². The van der Waals surface area contributed by atoms with Crippen LogP contribution in [0.1, 0.15) is 25.3 Å². The molecule has 20 heavy (non-hydrogen) atoms. The van der Waals surface area contributed by atoms with Gasteiger partial charge in [0.25, 0.3) is 0 Å². The molecule has 1 aromatic heterocycles. The second kappa shape index (κ2) is 5.70. The van der Waals surface area contributed by atoms with E-state index in [9.17, 15) is 0 Å². The minimum atomic E-state index is 0.434. The maximum atomic E-state index is 6.20. The smallest absolute Gasteiger partial charge is 0.128 e. The summed E-state index contributed by atoms with van der Waals surface area (Å²) in [6.45, 7) is 6.53. The Labute approximate surface area is 122 Å². The van der Waals surface area contributed by atoms with E-state index >= 15 is 0 Å². The van der Waals surface area contributed by atoms with Crippen LogP contribution in [0.3, 0.4) is 0 Å². The molecule has 1 saturated carbocycles. The molecular weight excluding hydrogens is 248 g/mol. The number of pyridine rings is 1. The van der Waals surface area contributed by atoms with Gasteiger partial charge in [-0.1, -0.05) is 6.07 Å². The van der Waals surface area contributed by atoms with E-state index in [-0.39, 0.29) is 0 Å². The molecule has 3 rings (SSSR count). The fourth-order valence-corrected chi connectivity index (χ4v) is 3.69. The predicted octanol–water partition coefficient (Wildman–Crippen LogP) is 1.71. The van der Waals surface area contributed by atoms with Gasteiger partial charge in [0, 0.05) is 45.5 Å². The van der Waals surface area contributed by atoms with Gasteiger partial charge in [-0.25, -0.2) is 4.98 Å². The second-order valence-corrected chi connectivity index (χ2v) is 6.40. The van der Waals surface area contributed by atoms with Crippen LogP contribution in [-0.4, -0.2) is 42.6 Å². The lowest BCUT2D eigenvalue weighted by atomic mass is 9.98. The molecule has 0 radical (unpaired) electrons. The molecule has 0 amide bonds. The van der Waals surface area contributed by atoms with E-state index in [4.69, 9.17) is 5.73 Å². The summed E-state index contributed by atoms with van der Waals surface area (Å²) < 4.78 is 0. The standard InChI is InChI=1S/C16H26N4/c1-3-19(2)16-7-4-12(8-18-16)9-20-10-13-5-6-15(17)14(13)11-20/h4,7-8,13-15H,3,5-6,9-11,17H2,1-2H3. The number of likely N-dealkylation sites (tertiary alicyclic amines) is 1. The molecule has 2 N–H and O–H groups in total. The zero-order valence-corrected chi connectivity index (χ0v) is 12.6. The van der Waals surface area contributed by atoms with E-state index in [1.165, 1.54) is 31.5 Å². The van der Waals surface area contributed by atoms with Crippen molar-refractivity contribution in [3.05, 3.63) is 23.9 Å². The Kier molecular flexibility index (Phi) is 3.94. The van der Waals surface area contributed by atoms with Crippen molar-refractivity contribution in [2.75, 3.05) is 31.6 Å². The quantitative estimate of drug-likeness (QED) is 0.908. The summed E-state index contributed by atoms with van der Waals surface area (Å²) in [7, 11) is 2.07. The van der Waals surface area contributed by atoms with Gasteiger partial charge in [-0.15, -0.1) is 0 Å². The van der Waals surface area contributed by atoms with Gasteiger partial charge in [0.05, 0.1) is 0 Å². The third kappa shape index (κ3) is 2.67. The second-order valence-electron chi connectivity index (χ2n) is 6.40. The first-order valence-corrected chi connectivity index (χ1v) is 7.81. The number of nitrogens with zero attached hydrogens (tertiary/aromatic N) is 3. The molecule has 1 saturated heterocycles. The van der Waals surface area contributed by atoms with Crippen molar-refractivity contribution in [2.24, 2.45) is 17.6 Å². The molecule has 1 aromatic rings. The fourth-order valence-electron chi connectivity index (χ4n) is 3.69. The van der Waals surface area contributed by atoms with E-state index in [0.717, 1.165) is 30.7 Å². The Hall–Kier alpha value is -1.13. The van der Waals surface area contributed by atoms with Crippen LogP contribution < -0.4 is 10.6 Å². The molecule has 2 aliphatic rings. The summed E-state index contributed by atoms with van der Waals surface area (Å²) in [5.41, 5.74) is 7.51.